The Morgan fingerprint density at radius 2 is 1.94 bits per heavy atom. The third-order valence-corrected chi connectivity index (χ3v) is 7.58. The van der Waals surface area contributed by atoms with Gasteiger partial charge in [-0.15, -0.1) is 0 Å². The summed E-state index contributed by atoms with van der Waals surface area (Å²) in [5, 5.41) is 2.30. The molecule has 2 N–H and O–H groups in total. The number of pyridine rings is 1. The number of H-pyrrole nitrogens is 2. The smallest absolute Gasteiger partial charge is 0.137 e. The van der Waals surface area contributed by atoms with E-state index in [1.165, 1.54) is 10.9 Å². The number of benzene rings is 1. The summed E-state index contributed by atoms with van der Waals surface area (Å²) in [4.78, 5) is 16.4. The number of nitrogens with zero attached hydrogens (tertiary/aromatic N) is 3. The van der Waals surface area contributed by atoms with Crippen LogP contribution in [0.15, 0.2) is 42.6 Å². The average Bonchev–Trinajstić information content (AvgIpc) is 3.35. The van der Waals surface area contributed by atoms with Crippen LogP contribution in [0.4, 0.5) is 8.78 Å². The van der Waals surface area contributed by atoms with E-state index in [1.807, 2.05) is 12.3 Å². The van der Waals surface area contributed by atoms with Gasteiger partial charge >= 0.3 is 0 Å². The summed E-state index contributed by atoms with van der Waals surface area (Å²) in [7, 11) is 0. The van der Waals surface area contributed by atoms with Gasteiger partial charge in [-0.2, -0.15) is 0 Å². The monoisotopic (exact) mass is 477 g/mol. The Morgan fingerprint density at radius 3 is 2.71 bits per heavy atom. The minimum absolute atomic E-state index is 0.105. The van der Waals surface area contributed by atoms with Crippen LogP contribution < -0.4 is 0 Å². The fourth-order valence-corrected chi connectivity index (χ4v) is 6.01. The van der Waals surface area contributed by atoms with Crippen LogP contribution in [0.3, 0.4) is 0 Å². The van der Waals surface area contributed by atoms with E-state index in [-0.39, 0.29) is 24.7 Å². The van der Waals surface area contributed by atoms with E-state index in [9.17, 15) is 8.78 Å². The summed E-state index contributed by atoms with van der Waals surface area (Å²) < 4.78 is 27.8. The first-order chi connectivity index (χ1) is 16.8. The molecular weight excluding hydrogens is 444 g/mol. The number of aromatic nitrogens is 3. The molecule has 0 spiro atoms. The summed E-state index contributed by atoms with van der Waals surface area (Å²) in [6.45, 7) is 7.99. The van der Waals surface area contributed by atoms with Crippen LogP contribution in [0.1, 0.15) is 49.3 Å². The Kier molecular flexibility index (Phi) is 5.45. The molecule has 2 atom stereocenters. The van der Waals surface area contributed by atoms with E-state index in [1.54, 1.807) is 13.8 Å². The Labute approximate surface area is 204 Å². The first-order valence-corrected chi connectivity index (χ1v) is 12.6. The molecular formula is C28H33F2N5. The second-order valence-corrected chi connectivity index (χ2v) is 11.1. The fourth-order valence-electron chi connectivity index (χ4n) is 6.01. The molecule has 4 aromatic rings. The molecule has 0 saturated carbocycles. The molecule has 0 radical (unpaired) electrons. The lowest BCUT2D eigenvalue weighted by molar-refractivity contribution is 0.0667. The first-order valence-electron chi connectivity index (χ1n) is 12.6. The van der Waals surface area contributed by atoms with Gasteiger partial charge in [0, 0.05) is 72.0 Å². The summed E-state index contributed by atoms with van der Waals surface area (Å²) in [5.41, 5.74) is 5.27. The number of nitrogens with one attached hydrogen (secondary N) is 2. The number of likely N-dealkylation sites (tertiary alicyclic amines) is 1. The molecule has 2 aliphatic heterocycles. The van der Waals surface area contributed by atoms with Crippen molar-refractivity contribution < 1.29 is 8.78 Å². The Balaban J connectivity index is 1.39. The predicted octanol–water partition coefficient (Wildman–Crippen LogP) is 5.53. The van der Waals surface area contributed by atoms with Crippen molar-refractivity contribution in [3.05, 3.63) is 65.1 Å². The van der Waals surface area contributed by atoms with Crippen molar-refractivity contribution in [2.24, 2.45) is 5.92 Å². The molecule has 6 rings (SSSR count). The maximum absolute atomic E-state index is 15.0. The lowest BCUT2D eigenvalue weighted by Crippen LogP contribution is -2.47. The number of hydrogen-bond donors (Lipinski definition) is 2. The molecule has 1 aromatic carbocycles. The molecule has 2 aliphatic rings. The molecule has 0 unspecified atom stereocenters. The molecule has 0 amide bonds. The van der Waals surface area contributed by atoms with Gasteiger partial charge in [0.25, 0.3) is 0 Å². The highest BCUT2D eigenvalue weighted by Gasteiger charge is 2.38. The van der Waals surface area contributed by atoms with Gasteiger partial charge in [0.15, 0.2) is 0 Å². The number of alkyl halides is 2. The number of halogens is 2. The topological polar surface area (TPSA) is 51.0 Å². The van der Waals surface area contributed by atoms with E-state index in [2.05, 4.69) is 57.0 Å². The second-order valence-electron chi connectivity index (χ2n) is 11.1. The highest BCUT2D eigenvalue weighted by molar-refractivity contribution is 5.85. The highest BCUT2D eigenvalue weighted by atomic mass is 19.1. The van der Waals surface area contributed by atoms with E-state index in [0.717, 1.165) is 59.6 Å². The number of para-hydroxylation sites is 1. The molecule has 0 aliphatic carbocycles. The zero-order valence-corrected chi connectivity index (χ0v) is 20.6. The lowest BCUT2D eigenvalue weighted by atomic mass is 9.88. The van der Waals surface area contributed by atoms with Gasteiger partial charge in [-0.25, -0.2) is 9.37 Å². The minimum Gasteiger partial charge on any atom is -0.357 e. The first kappa shape index (κ1) is 22.7. The molecule has 0 bridgehead atoms. The molecule has 7 heteroatoms. The normalized spacial score (nSPS) is 22.1. The summed E-state index contributed by atoms with van der Waals surface area (Å²) in [6, 6.07) is 12.8. The maximum Gasteiger partial charge on any atom is 0.137 e. The molecule has 35 heavy (non-hydrogen) atoms. The largest absolute Gasteiger partial charge is 0.357 e. The SMILES string of the molecule is C[C@@H]1Cc2c([nH]c3ccccc23)[C@@H](c2cnc3[nH]c(CN4CC(CF)C4)cc3c2)N1CC(C)(C)F. The van der Waals surface area contributed by atoms with Crippen molar-refractivity contribution in [1.82, 2.24) is 24.8 Å². The average molecular weight is 478 g/mol. The highest BCUT2D eigenvalue weighted by Crippen LogP contribution is 2.42. The number of fused-ring (bicyclic) bond motifs is 4. The van der Waals surface area contributed by atoms with Crippen LogP contribution in [0.2, 0.25) is 0 Å². The predicted molar refractivity (Wildman–Crippen MR) is 136 cm³/mol. The van der Waals surface area contributed by atoms with Crippen molar-refractivity contribution in [1.29, 1.82) is 0 Å². The lowest BCUT2D eigenvalue weighted by Gasteiger charge is -2.42. The summed E-state index contributed by atoms with van der Waals surface area (Å²) >= 11 is 0. The molecule has 1 saturated heterocycles. The van der Waals surface area contributed by atoms with Gasteiger partial charge in [0.1, 0.15) is 11.3 Å². The van der Waals surface area contributed by atoms with Crippen molar-refractivity contribution >= 4 is 21.9 Å². The van der Waals surface area contributed by atoms with Crippen molar-refractivity contribution in [2.75, 3.05) is 26.3 Å². The third kappa shape index (κ3) is 4.15. The molecule has 184 valence electrons. The second kappa shape index (κ2) is 8.42. The molecule has 3 aromatic heterocycles. The summed E-state index contributed by atoms with van der Waals surface area (Å²) in [6.07, 6.45) is 2.81. The zero-order valence-electron chi connectivity index (χ0n) is 20.6. The van der Waals surface area contributed by atoms with Crippen molar-refractivity contribution in [3.8, 4) is 0 Å². The fraction of sp³-hybridized carbons (Fsp3) is 0.464. The molecule has 5 nitrogen and oxygen atoms in total. The summed E-state index contributed by atoms with van der Waals surface area (Å²) in [5.74, 6) is 0.175. The number of hydrogen-bond acceptors (Lipinski definition) is 3. The zero-order chi connectivity index (χ0) is 24.3. The molecule has 1 fully saturated rings. The van der Waals surface area contributed by atoms with Crippen LogP contribution in [-0.4, -0.2) is 62.8 Å². The van der Waals surface area contributed by atoms with E-state index < -0.39 is 5.67 Å². The van der Waals surface area contributed by atoms with Gasteiger partial charge in [-0.05, 0) is 56.5 Å². The third-order valence-electron chi connectivity index (χ3n) is 7.58. The van der Waals surface area contributed by atoms with Crippen LogP contribution in [0, 0.1) is 5.92 Å². The number of aromatic amines is 2. The van der Waals surface area contributed by atoms with Gasteiger partial charge in [-0.1, -0.05) is 18.2 Å². The van der Waals surface area contributed by atoms with Gasteiger partial charge < -0.3 is 9.97 Å². The van der Waals surface area contributed by atoms with Crippen LogP contribution in [-0.2, 0) is 13.0 Å². The van der Waals surface area contributed by atoms with Gasteiger partial charge in [-0.3, -0.25) is 14.2 Å². The number of rotatable bonds is 6. The van der Waals surface area contributed by atoms with Crippen LogP contribution in [0.25, 0.3) is 21.9 Å². The van der Waals surface area contributed by atoms with Gasteiger partial charge in [0.2, 0.25) is 0 Å². The minimum atomic E-state index is -1.32. The maximum atomic E-state index is 15.0. The van der Waals surface area contributed by atoms with Crippen molar-refractivity contribution in [3.63, 3.8) is 0 Å². The quantitative estimate of drug-likeness (QED) is 0.384. The Morgan fingerprint density at radius 1 is 1.14 bits per heavy atom. The van der Waals surface area contributed by atoms with Gasteiger partial charge in [0.05, 0.1) is 12.7 Å². The van der Waals surface area contributed by atoms with Crippen molar-refractivity contribution in [2.45, 2.75) is 51.5 Å². The Bertz CT molecular complexity index is 1360. The standard InChI is InChI=1S/C28H33F2N5/c1-17-8-23-22-6-4-5-7-24(22)33-25(23)26(35(17)16-28(2,3)30)20-9-19-10-21(32-27(19)31-12-20)15-34-13-18(11-29)14-34/h4-7,9-10,12,17-18,26,33H,8,11,13-16H2,1-3H3,(H,31,32)/t17-,26-/m1/s1. The molecule has 5 heterocycles. The van der Waals surface area contributed by atoms with Crippen LogP contribution in [0.5, 0.6) is 0 Å². The van der Waals surface area contributed by atoms with E-state index >= 15 is 0 Å². The van der Waals surface area contributed by atoms with E-state index in [0.29, 0.717) is 6.54 Å². The van der Waals surface area contributed by atoms with Crippen LogP contribution >= 0.6 is 0 Å². The Hall–Kier alpha value is -2.77. The van der Waals surface area contributed by atoms with E-state index in [4.69, 9.17) is 4.98 Å².